The van der Waals surface area contributed by atoms with Gasteiger partial charge in [-0.3, -0.25) is 10.2 Å². The largest absolute Gasteiger partial charge is 0.383 e. The standard InChI is InChI=1S/C26H32FN5O2/c1-18(2)23-15-25(32(30-23)21-10-5-4-6-11-21)29-26(33)28-24-17-31(12-13-34-3)16-22(24)19-8-7-9-20(27)14-19/h4-11,14-15,18,22,24H,12-13,16-17H2,1-3H3,(H2,28,29,33)/t22?,24-/m1/s1. The zero-order valence-corrected chi connectivity index (χ0v) is 19.9. The Morgan fingerprint density at radius 3 is 2.65 bits per heavy atom. The van der Waals surface area contributed by atoms with E-state index in [1.54, 1.807) is 23.9 Å². The molecule has 0 saturated carbocycles. The van der Waals surface area contributed by atoms with Gasteiger partial charge >= 0.3 is 6.03 Å². The van der Waals surface area contributed by atoms with E-state index in [0.717, 1.165) is 30.0 Å². The van der Waals surface area contributed by atoms with Gasteiger partial charge in [-0.05, 0) is 35.7 Å². The first-order chi connectivity index (χ1) is 16.4. The topological polar surface area (TPSA) is 71.4 Å². The van der Waals surface area contributed by atoms with Gasteiger partial charge in [0.1, 0.15) is 11.6 Å². The second kappa shape index (κ2) is 10.8. The number of carbonyl (C=O) groups excluding carboxylic acids is 1. The van der Waals surface area contributed by atoms with Crippen LogP contribution in [0.25, 0.3) is 5.69 Å². The van der Waals surface area contributed by atoms with Crippen LogP contribution in [-0.2, 0) is 4.74 Å². The predicted molar refractivity (Wildman–Crippen MR) is 131 cm³/mol. The number of urea groups is 1. The van der Waals surface area contributed by atoms with E-state index in [2.05, 4.69) is 29.4 Å². The van der Waals surface area contributed by atoms with Crippen molar-refractivity contribution in [2.24, 2.45) is 0 Å². The molecule has 1 fully saturated rings. The first kappa shape index (κ1) is 23.9. The molecule has 2 heterocycles. The lowest BCUT2D eigenvalue weighted by atomic mass is 9.94. The van der Waals surface area contributed by atoms with Crippen LogP contribution in [0, 0.1) is 5.82 Å². The van der Waals surface area contributed by atoms with Crippen molar-refractivity contribution in [1.29, 1.82) is 0 Å². The van der Waals surface area contributed by atoms with Crippen molar-refractivity contribution >= 4 is 11.8 Å². The normalized spacial score (nSPS) is 18.4. The molecule has 1 aliphatic heterocycles. The molecule has 0 spiro atoms. The molecule has 2 amide bonds. The fraction of sp³-hybridized carbons (Fsp3) is 0.385. The molecule has 2 aromatic carbocycles. The molecule has 2 atom stereocenters. The number of nitrogens with one attached hydrogen (secondary N) is 2. The van der Waals surface area contributed by atoms with Crippen LogP contribution in [0.15, 0.2) is 60.7 Å². The molecule has 1 saturated heterocycles. The zero-order valence-electron chi connectivity index (χ0n) is 19.9. The Morgan fingerprint density at radius 2 is 1.94 bits per heavy atom. The molecule has 4 rings (SSSR count). The van der Waals surface area contributed by atoms with Crippen LogP contribution in [0.4, 0.5) is 15.0 Å². The summed E-state index contributed by atoms with van der Waals surface area (Å²) >= 11 is 0. The van der Waals surface area contributed by atoms with E-state index in [1.165, 1.54) is 6.07 Å². The minimum Gasteiger partial charge on any atom is -0.383 e. The number of halogens is 1. The van der Waals surface area contributed by atoms with Gasteiger partial charge in [0.25, 0.3) is 0 Å². The van der Waals surface area contributed by atoms with E-state index in [4.69, 9.17) is 9.84 Å². The minimum atomic E-state index is -0.313. The molecule has 3 aromatic rings. The Labute approximate surface area is 199 Å². The lowest BCUT2D eigenvalue weighted by molar-refractivity contribution is 0.159. The van der Waals surface area contributed by atoms with Gasteiger partial charge in [0.15, 0.2) is 0 Å². The number of amides is 2. The molecule has 1 aromatic heterocycles. The molecule has 2 N–H and O–H groups in total. The molecule has 0 bridgehead atoms. The van der Waals surface area contributed by atoms with Crippen molar-refractivity contribution in [3.05, 3.63) is 77.7 Å². The van der Waals surface area contributed by atoms with Gasteiger partial charge in [0.05, 0.1) is 24.0 Å². The summed E-state index contributed by atoms with van der Waals surface area (Å²) in [5, 5.41) is 10.8. The number of benzene rings is 2. The van der Waals surface area contributed by atoms with Crippen molar-refractivity contribution in [1.82, 2.24) is 20.0 Å². The summed E-state index contributed by atoms with van der Waals surface area (Å²) in [4.78, 5) is 15.3. The zero-order chi connectivity index (χ0) is 24.1. The summed E-state index contributed by atoms with van der Waals surface area (Å²) in [5.41, 5.74) is 2.64. The Hall–Kier alpha value is -3.23. The van der Waals surface area contributed by atoms with Crippen LogP contribution >= 0.6 is 0 Å². The fourth-order valence-corrected chi connectivity index (χ4v) is 4.37. The lowest BCUT2D eigenvalue weighted by Gasteiger charge is -2.21. The van der Waals surface area contributed by atoms with Crippen LogP contribution in [0.3, 0.4) is 0 Å². The van der Waals surface area contributed by atoms with Crippen molar-refractivity contribution in [2.45, 2.75) is 31.7 Å². The van der Waals surface area contributed by atoms with Gasteiger partial charge in [0.2, 0.25) is 0 Å². The Kier molecular flexibility index (Phi) is 7.59. The number of nitrogens with zero attached hydrogens (tertiary/aromatic N) is 3. The number of para-hydroxylation sites is 1. The number of anilines is 1. The molecule has 0 radical (unpaired) electrons. The number of methoxy groups -OCH3 is 1. The molecule has 1 unspecified atom stereocenters. The van der Waals surface area contributed by atoms with E-state index in [1.807, 2.05) is 42.5 Å². The first-order valence-electron chi connectivity index (χ1n) is 11.6. The smallest absolute Gasteiger partial charge is 0.320 e. The average Bonchev–Trinajstić information content (AvgIpc) is 3.42. The van der Waals surface area contributed by atoms with Gasteiger partial charge in [0, 0.05) is 38.7 Å². The summed E-state index contributed by atoms with van der Waals surface area (Å²) in [6.07, 6.45) is 0. The highest BCUT2D eigenvalue weighted by atomic mass is 19.1. The second-order valence-electron chi connectivity index (χ2n) is 8.98. The summed E-state index contributed by atoms with van der Waals surface area (Å²) < 4.78 is 20.9. The van der Waals surface area contributed by atoms with E-state index in [9.17, 15) is 9.18 Å². The van der Waals surface area contributed by atoms with Gasteiger partial charge in [-0.15, -0.1) is 0 Å². The SMILES string of the molecule is COCCN1CC(c2cccc(F)c2)[C@H](NC(=O)Nc2cc(C(C)C)nn2-c2ccccc2)C1. The van der Waals surface area contributed by atoms with Crippen molar-refractivity contribution in [3.63, 3.8) is 0 Å². The third-order valence-corrected chi connectivity index (χ3v) is 6.16. The predicted octanol–water partition coefficient (Wildman–Crippen LogP) is 4.37. The maximum absolute atomic E-state index is 13.9. The highest BCUT2D eigenvalue weighted by molar-refractivity contribution is 5.89. The van der Waals surface area contributed by atoms with Gasteiger partial charge < -0.3 is 10.1 Å². The fourth-order valence-electron chi connectivity index (χ4n) is 4.37. The Morgan fingerprint density at radius 1 is 1.15 bits per heavy atom. The quantitative estimate of drug-likeness (QED) is 0.518. The van der Waals surface area contributed by atoms with Crippen LogP contribution < -0.4 is 10.6 Å². The highest BCUT2D eigenvalue weighted by Crippen LogP contribution is 2.28. The van der Waals surface area contributed by atoms with Crippen LogP contribution in [-0.4, -0.2) is 60.1 Å². The van der Waals surface area contributed by atoms with Gasteiger partial charge in [-0.1, -0.05) is 44.2 Å². The van der Waals surface area contributed by atoms with Crippen LogP contribution in [0.5, 0.6) is 0 Å². The third-order valence-electron chi connectivity index (χ3n) is 6.16. The molecule has 0 aliphatic carbocycles. The maximum atomic E-state index is 13.9. The molecular formula is C26H32FN5O2. The Balaban J connectivity index is 1.53. The number of hydrogen-bond acceptors (Lipinski definition) is 4. The van der Waals surface area contributed by atoms with Crippen LogP contribution in [0.1, 0.15) is 36.9 Å². The average molecular weight is 466 g/mol. The minimum absolute atomic E-state index is 0.0245. The molecule has 8 heteroatoms. The number of likely N-dealkylation sites (tertiary alicyclic amines) is 1. The summed E-state index contributed by atoms with van der Waals surface area (Å²) in [6.45, 7) is 6.87. The summed E-state index contributed by atoms with van der Waals surface area (Å²) in [7, 11) is 1.67. The van der Waals surface area contributed by atoms with Crippen molar-refractivity contribution < 1.29 is 13.9 Å². The highest BCUT2D eigenvalue weighted by Gasteiger charge is 2.35. The molecule has 180 valence electrons. The molecule has 1 aliphatic rings. The molecular weight excluding hydrogens is 433 g/mol. The van der Waals surface area contributed by atoms with Crippen molar-refractivity contribution in [3.8, 4) is 5.69 Å². The van der Waals surface area contributed by atoms with Gasteiger partial charge in [-0.2, -0.15) is 5.10 Å². The van der Waals surface area contributed by atoms with Gasteiger partial charge in [-0.25, -0.2) is 13.9 Å². The van der Waals surface area contributed by atoms with E-state index in [0.29, 0.717) is 19.0 Å². The molecule has 34 heavy (non-hydrogen) atoms. The summed E-state index contributed by atoms with van der Waals surface area (Å²) in [5.74, 6) is 0.520. The number of hydrogen-bond donors (Lipinski definition) is 2. The molecule has 7 nitrogen and oxygen atoms in total. The van der Waals surface area contributed by atoms with E-state index >= 15 is 0 Å². The second-order valence-corrected chi connectivity index (χ2v) is 8.98. The monoisotopic (exact) mass is 465 g/mol. The third kappa shape index (κ3) is 5.63. The van der Waals surface area contributed by atoms with E-state index in [-0.39, 0.29) is 29.7 Å². The van der Waals surface area contributed by atoms with Crippen molar-refractivity contribution in [2.75, 3.05) is 38.7 Å². The Bertz CT molecular complexity index is 1100. The van der Waals surface area contributed by atoms with E-state index < -0.39 is 0 Å². The number of rotatable bonds is 8. The number of aromatic nitrogens is 2. The number of carbonyl (C=O) groups is 1. The first-order valence-corrected chi connectivity index (χ1v) is 11.6. The lowest BCUT2D eigenvalue weighted by Crippen LogP contribution is -2.42. The number of ether oxygens (including phenoxy) is 1. The van der Waals surface area contributed by atoms with Crippen LogP contribution in [0.2, 0.25) is 0 Å². The summed E-state index contributed by atoms with van der Waals surface area (Å²) in [6, 6.07) is 17.8. The maximum Gasteiger partial charge on any atom is 0.320 e.